The molecule has 0 bridgehead atoms. The van der Waals surface area contributed by atoms with Gasteiger partial charge in [-0.2, -0.15) is 0 Å². The van der Waals surface area contributed by atoms with E-state index in [1.165, 1.54) is 19.3 Å². The highest BCUT2D eigenvalue weighted by atomic mass is 16.2. The molecule has 1 aliphatic rings. The number of hydrogen-bond acceptors (Lipinski definition) is 2. The quantitative estimate of drug-likeness (QED) is 0.753. The average Bonchev–Trinajstić information content (AvgIpc) is 2.29. The molecule has 3 unspecified atom stereocenters. The Morgan fingerprint density at radius 1 is 1.38 bits per heavy atom. The second kappa shape index (κ2) is 6.89. The molecule has 0 radical (unpaired) electrons. The van der Waals surface area contributed by atoms with Crippen molar-refractivity contribution >= 4 is 5.91 Å². The van der Waals surface area contributed by atoms with Crippen molar-refractivity contribution in [2.45, 2.75) is 65.0 Å². The summed E-state index contributed by atoms with van der Waals surface area (Å²) in [6, 6.07) is 0.828. The molecule has 0 aromatic rings. The van der Waals surface area contributed by atoms with Gasteiger partial charge in [0.1, 0.15) is 0 Å². The van der Waals surface area contributed by atoms with Gasteiger partial charge in [0.15, 0.2) is 0 Å². The predicted octanol–water partition coefficient (Wildman–Crippen LogP) is 2.07. The molecular formula is C13H26N2O. The lowest BCUT2D eigenvalue weighted by Crippen LogP contribution is -2.45. The first-order valence-electron chi connectivity index (χ1n) is 6.66. The topological polar surface area (TPSA) is 41.1 Å². The van der Waals surface area contributed by atoms with E-state index in [-0.39, 0.29) is 5.91 Å². The number of hydrogen-bond donors (Lipinski definition) is 2. The van der Waals surface area contributed by atoms with Crippen LogP contribution in [0.15, 0.2) is 0 Å². The standard InChI is InChI=1S/C13H26N2O/c1-4-11(3)14-9-13(16)15-12-8-6-5-7-10(12)2/h10-12,14H,4-9H2,1-3H3,(H,15,16). The van der Waals surface area contributed by atoms with Crippen molar-refractivity contribution in [3.8, 4) is 0 Å². The van der Waals surface area contributed by atoms with E-state index in [0.717, 1.165) is 12.8 Å². The van der Waals surface area contributed by atoms with Gasteiger partial charge >= 0.3 is 0 Å². The van der Waals surface area contributed by atoms with E-state index < -0.39 is 0 Å². The lowest BCUT2D eigenvalue weighted by molar-refractivity contribution is -0.121. The molecule has 0 spiro atoms. The number of amides is 1. The highest BCUT2D eigenvalue weighted by Gasteiger charge is 2.22. The van der Waals surface area contributed by atoms with Crippen LogP contribution in [-0.4, -0.2) is 24.5 Å². The summed E-state index contributed by atoms with van der Waals surface area (Å²) in [6.07, 6.45) is 6.04. The first-order chi connectivity index (χ1) is 7.63. The van der Waals surface area contributed by atoms with Gasteiger partial charge < -0.3 is 10.6 Å². The molecule has 94 valence electrons. The summed E-state index contributed by atoms with van der Waals surface area (Å²) in [6.45, 7) is 6.93. The molecule has 0 aromatic carbocycles. The molecule has 0 aromatic heterocycles. The Morgan fingerprint density at radius 2 is 2.06 bits per heavy atom. The highest BCUT2D eigenvalue weighted by molar-refractivity contribution is 5.78. The molecule has 3 nitrogen and oxygen atoms in total. The number of carbonyl (C=O) groups is 1. The lowest BCUT2D eigenvalue weighted by Gasteiger charge is -2.29. The maximum atomic E-state index is 11.7. The number of rotatable bonds is 5. The smallest absolute Gasteiger partial charge is 0.234 e. The van der Waals surface area contributed by atoms with E-state index in [0.29, 0.717) is 24.5 Å². The molecule has 1 aliphatic carbocycles. The maximum absolute atomic E-state index is 11.7. The molecule has 0 saturated heterocycles. The van der Waals surface area contributed by atoms with E-state index in [1.807, 2.05) is 0 Å². The van der Waals surface area contributed by atoms with Crippen LogP contribution >= 0.6 is 0 Å². The van der Waals surface area contributed by atoms with Crippen LogP contribution in [0.2, 0.25) is 0 Å². The third kappa shape index (κ3) is 4.52. The Kier molecular flexibility index (Phi) is 5.81. The van der Waals surface area contributed by atoms with Crippen molar-refractivity contribution in [2.24, 2.45) is 5.92 Å². The minimum Gasteiger partial charge on any atom is -0.352 e. The zero-order valence-electron chi connectivity index (χ0n) is 10.9. The van der Waals surface area contributed by atoms with Crippen molar-refractivity contribution in [1.29, 1.82) is 0 Å². The molecule has 0 heterocycles. The van der Waals surface area contributed by atoms with Gasteiger partial charge in [-0.3, -0.25) is 4.79 Å². The van der Waals surface area contributed by atoms with Crippen LogP contribution in [-0.2, 0) is 4.79 Å². The van der Waals surface area contributed by atoms with Crippen molar-refractivity contribution in [1.82, 2.24) is 10.6 Å². The number of nitrogens with one attached hydrogen (secondary N) is 2. The van der Waals surface area contributed by atoms with Crippen molar-refractivity contribution in [2.75, 3.05) is 6.54 Å². The fraction of sp³-hybridized carbons (Fsp3) is 0.923. The number of carbonyl (C=O) groups excluding carboxylic acids is 1. The Hall–Kier alpha value is -0.570. The molecule has 0 aliphatic heterocycles. The summed E-state index contributed by atoms with van der Waals surface area (Å²) in [7, 11) is 0. The van der Waals surface area contributed by atoms with Crippen LogP contribution in [0.4, 0.5) is 0 Å². The lowest BCUT2D eigenvalue weighted by atomic mass is 9.86. The SMILES string of the molecule is CCC(C)NCC(=O)NC1CCCCC1C. The minimum absolute atomic E-state index is 0.152. The van der Waals surface area contributed by atoms with Gasteiger partial charge in [0.05, 0.1) is 6.54 Å². The second-order valence-corrected chi connectivity index (χ2v) is 5.13. The van der Waals surface area contributed by atoms with Crippen LogP contribution in [0.5, 0.6) is 0 Å². The summed E-state index contributed by atoms with van der Waals surface area (Å²) in [5.74, 6) is 0.792. The normalized spacial score (nSPS) is 27.4. The van der Waals surface area contributed by atoms with E-state index in [2.05, 4.69) is 31.4 Å². The first kappa shape index (κ1) is 13.5. The van der Waals surface area contributed by atoms with Gasteiger partial charge in [0.2, 0.25) is 5.91 Å². The molecule has 3 atom stereocenters. The average molecular weight is 226 g/mol. The van der Waals surface area contributed by atoms with Crippen LogP contribution < -0.4 is 10.6 Å². The molecule has 1 amide bonds. The van der Waals surface area contributed by atoms with Crippen LogP contribution in [0.25, 0.3) is 0 Å². The summed E-state index contributed by atoms with van der Waals surface area (Å²) >= 11 is 0. The predicted molar refractivity (Wildman–Crippen MR) is 67.3 cm³/mol. The maximum Gasteiger partial charge on any atom is 0.234 e. The van der Waals surface area contributed by atoms with Crippen molar-refractivity contribution < 1.29 is 4.79 Å². The summed E-state index contributed by atoms with van der Waals surface area (Å²) in [5, 5.41) is 6.37. The van der Waals surface area contributed by atoms with Gasteiger partial charge in [-0.15, -0.1) is 0 Å². The summed E-state index contributed by atoms with van der Waals surface area (Å²) in [4.78, 5) is 11.7. The Balaban J connectivity index is 2.22. The van der Waals surface area contributed by atoms with Gasteiger partial charge in [-0.1, -0.05) is 26.7 Å². The third-order valence-electron chi connectivity index (χ3n) is 3.68. The Morgan fingerprint density at radius 3 is 2.69 bits per heavy atom. The summed E-state index contributed by atoms with van der Waals surface area (Å²) < 4.78 is 0. The second-order valence-electron chi connectivity index (χ2n) is 5.13. The van der Waals surface area contributed by atoms with Crippen molar-refractivity contribution in [3.05, 3.63) is 0 Å². The van der Waals surface area contributed by atoms with Crippen molar-refractivity contribution in [3.63, 3.8) is 0 Å². The zero-order chi connectivity index (χ0) is 12.0. The van der Waals surface area contributed by atoms with Gasteiger partial charge in [-0.25, -0.2) is 0 Å². The van der Waals surface area contributed by atoms with Crippen LogP contribution in [0.1, 0.15) is 52.9 Å². The fourth-order valence-electron chi connectivity index (χ4n) is 2.20. The van der Waals surface area contributed by atoms with Gasteiger partial charge in [0, 0.05) is 12.1 Å². The minimum atomic E-state index is 0.152. The molecule has 2 N–H and O–H groups in total. The molecule has 1 saturated carbocycles. The molecule has 1 fully saturated rings. The van der Waals surface area contributed by atoms with Gasteiger partial charge in [0.25, 0.3) is 0 Å². The van der Waals surface area contributed by atoms with E-state index in [4.69, 9.17) is 0 Å². The van der Waals surface area contributed by atoms with Crippen LogP contribution in [0.3, 0.4) is 0 Å². The van der Waals surface area contributed by atoms with E-state index in [9.17, 15) is 4.79 Å². The molecular weight excluding hydrogens is 200 g/mol. The monoisotopic (exact) mass is 226 g/mol. The largest absolute Gasteiger partial charge is 0.352 e. The highest BCUT2D eigenvalue weighted by Crippen LogP contribution is 2.23. The Labute approximate surface area is 99.4 Å². The fourth-order valence-corrected chi connectivity index (χ4v) is 2.20. The third-order valence-corrected chi connectivity index (χ3v) is 3.68. The molecule has 1 rings (SSSR count). The zero-order valence-corrected chi connectivity index (χ0v) is 10.9. The van der Waals surface area contributed by atoms with Crippen LogP contribution in [0, 0.1) is 5.92 Å². The first-order valence-corrected chi connectivity index (χ1v) is 6.66. The van der Waals surface area contributed by atoms with E-state index in [1.54, 1.807) is 0 Å². The van der Waals surface area contributed by atoms with E-state index >= 15 is 0 Å². The van der Waals surface area contributed by atoms with Gasteiger partial charge in [-0.05, 0) is 32.1 Å². The summed E-state index contributed by atoms with van der Waals surface area (Å²) in [5.41, 5.74) is 0. The molecule has 3 heteroatoms. The molecule has 16 heavy (non-hydrogen) atoms. The Bertz CT molecular complexity index is 218.